The molecular weight excluding hydrogens is 340 g/mol. The summed E-state index contributed by atoms with van der Waals surface area (Å²) in [6.45, 7) is 6.65. The number of aromatic nitrogens is 1. The number of hydrogen-bond acceptors (Lipinski definition) is 5. The molecule has 3 heterocycles. The highest BCUT2D eigenvalue weighted by atomic mass is 32.1. The van der Waals surface area contributed by atoms with Gasteiger partial charge in [0.15, 0.2) is 0 Å². The van der Waals surface area contributed by atoms with E-state index in [0.29, 0.717) is 26.2 Å². The number of rotatable bonds is 3. The predicted octanol–water partition coefficient (Wildman–Crippen LogP) is 1.55. The van der Waals surface area contributed by atoms with Crippen LogP contribution in [0.1, 0.15) is 35.3 Å². The average Bonchev–Trinajstić information content (AvgIpc) is 2.97. The standard InChI is InChI=1S/C17H26N4O3S/c1-4-14-19-12(2)13(25-14)9-18-16(23)21-7-5-17(6-8-21)11-20(3)15(22)10-24-17/h4-11H2,1-3H3,(H,18,23). The lowest BCUT2D eigenvalue weighted by atomic mass is 9.89. The van der Waals surface area contributed by atoms with Crippen LogP contribution in [-0.2, 0) is 22.5 Å². The van der Waals surface area contributed by atoms with Crippen LogP contribution in [0, 0.1) is 6.92 Å². The zero-order valence-electron chi connectivity index (χ0n) is 15.1. The summed E-state index contributed by atoms with van der Waals surface area (Å²) in [5, 5.41) is 4.11. The normalized spacial score (nSPS) is 20.2. The van der Waals surface area contributed by atoms with Gasteiger partial charge in [-0.05, 0) is 26.2 Å². The highest BCUT2D eigenvalue weighted by Gasteiger charge is 2.41. The molecule has 8 heteroatoms. The average molecular weight is 366 g/mol. The molecule has 0 saturated carbocycles. The summed E-state index contributed by atoms with van der Waals surface area (Å²) >= 11 is 1.66. The predicted molar refractivity (Wildman–Crippen MR) is 95.6 cm³/mol. The van der Waals surface area contributed by atoms with Crippen molar-refractivity contribution in [1.29, 1.82) is 0 Å². The Kier molecular flexibility index (Phi) is 5.29. The first kappa shape index (κ1) is 18.1. The van der Waals surface area contributed by atoms with Gasteiger partial charge in [-0.25, -0.2) is 9.78 Å². The molecule has 7 nitrogen and oxygen atoms in total. The fourth-order valence-corrected chi connectivity index (χ4v) is 4.33. The molecule has 2 fully saturated rings. The zero-order valence-corrected chi connectivity index (χ0v) is 15.9. The summed E-state index contributed by atoms with van der Waals surface area (Å²) in [4.78, 5) is 33.2. The van der Waals surface area contributed by atoms with Crippen LogP contribution in [-0.4, -0.2) is 65.6 Å². The molecule has 1 aromatic heterocycles. The van der Waals surface area contributed by atoms with Crippen LogP contribution in [0.2, 0.25) is 0 Å². The first-order valence-corrected chi connectivity index (χ1v) is 9.60. The van der Waals surface area contributed by atoms with E-state index in [9.17, 15) is 9.59 Å². The molecule has 0 radical (unpaired) electrons. The van der Waals surface area contributed by atoms with Crippen LogP contribution < -0.4 is 5.32 Å². The number of carbonyl (C=O) groups excluding carboxylic acids is 2. The molecule has 1 N–H and O–H groups in total. The molecule has 2 aliphatic rings. The number of likely N-dealkylation sites (N-methyl/N-ethyl adjacent to an activating group) is 1. The van der Waals surface area contributed by atoms with Crippen molar-refractivity contribution >= 4 is 23.3 Å². The van der Waals surface area contributed by atoms with Gasteiger partial charge in [-0.3, -0.25) is 4.79 Å². The minimum absolute atomic E-state index is 0.0252. The van der Waals surface area contributed by atoms with E-state index in [1.165, 1.54) is 0 Å². The molecule has 1 aromatic rings. The maximum absolute atomic E-state index is 12.4. The van der Waals surface area contributed by atoms with Crippen molar-refractivity contribution < 1.29 is 14.3 Å². The summed E-state index contributed by atoms with van der Waals surface area (Å²) in [5.41, 5.74) is 0.715. The van der Waals surface area contributed by atoms with Gasteiger partial charge >= 0.3 is 6.03 Å². The SMILES string of the molecule is CCc1nc(C)c(CNC(=O)N2CCC3(CC2)CN(C)C(=O)CO3)s1. The van der Waals surface area contributed by atoms with Crippen LogP contribution in [0.15, 0.2) is 0 Å². The van der Waals surface area contributed by atoms with Crippen molar-refractivity contribution in [1.82, 2.24) is 20.1 Å². The summed E-state index contributed by atoms with van der Waals surface area (Å²) in [6, 6.07) is -0.0408. The van der Waals surface area contributed by atoms with Gasteiger partial charge in [0.2, 0.25) is 5.91 Å². The third kappa shape index (κ3) is 3.95. The largest absolute Gasteiger partial charge is 0.363 e. The van der Waals surface area contributed by atoms with Crippen LogP contribution >= 0.6 is 11.3 Å². The molecule has 138 valence electrons. The Morgan fingerprint density at radius 3 is 2.72 bits per heavy atom. The molecule has 0 bridgehead atoms. The van der Waals surface area contributed by atoms with Gasteiger partial charge in [0.25, 0.3) is 0 Å². The van der Waals surface area contributed by atoms with Crippen LogP contribution in [0.25, 0.3) is 0 Å². The van der Waals surface area contributed by atoms with Crippen molar-refractivity contribution in [3.63, 3.8) is 0 Å². The van der Waals surface area contributed by atoms with Crippen molar-refractivity contribution in [3.8, 4) is 0 Å². The van der Waals surface area contributed by atoms with E-state index in [2.05, 4.69) is 17.2 Å². The molecule has 3 rings (SSSR count). The molecule has 25 heavy (non-hydrogen) atoms. The number of urea groups is 1. The summed E-state index contributed by atoms with van der Waals surface area (Å²) in [7, 11) is 1.81. The zero-order chi connectivity index (χ0) is 18.0. The molecule has 2 aliphatic heterocycles. The number of carbonyl (C=O) groups is 2. The number of ether oxygens (including phenoxy) is 1. The van der Waals surface area contributed by atoms with Crippen molar-refractivity contribution in [2.45, 2.75) is 45.3 Å². The fraction of sp³-hybridized carbons (Fsp3) is 0.706. The van der Waals surface area contributed by atoms with Gasteiger partial charge in [-0.2, -0.15) is 0 Å². The number of nitrogens with zero attached hydrogens (tertiary/aromatic N) is 3. The smallest absolute Gasteiger partial charge is 0.317 e. The van der Waals surface area contributed by atoms with E-state index in [4.69, 9.17) is 4.74 Å². The monoisotopic (exact) mass is 366 g/mol. The number of thiazole rings is 1. The Bertz CT molecular complexity index is 652. The van der Waals surface area contributed by atoms with E-state index in [1.807, 2.05) is 18.9 Å². The van der Waals surface area contributed by atoms with Crippen LogP contribution in [0.3, 0.4) is 0 Å². The number of hydrogen-bond donors (Lipinski definition) is 1. The molecule has 3 amide bonds. The minimum atomic E-state index is -0.288. The first-order valence-electron chi connectivity index (χ1n) is 8.78. The Morgan fingerprint density at radius 1 is 1.40 bits per heavy atom. The molecule has 0 aliphatic carbocycles. The van der Waals surface area contributed by atoms with Gasteiger partial charge in [0.1, 0.15) is 6.61 Å². The lowest BCUT2D eigenvalue weighted by molar-refractivity contribution is -0.167. The van der Waals surface area contributed by atoms with Gasteiger partial charge in [-0.15, -0.1) is 11.3 Å². The van der Waals surface area contributed by atoms with E-state index in [1.54, 1.807) is 16.2 Å². The number of morpholine rings is 1. The second kappa shape index (κ2) is 7.29. The number of amides is 3. The highest BCUT2D eigenvalue weighted by molar-refractivity contribution is 7.11. The van der Waals surface area contributed by atoms with Gasteiger partial charge in [0.05, 0.1) is 22.8 Å². The number of likely N-dealkylation sites (tertiary alicyclic amines) is 1. The topological polar surface area (TPSA) is 74.8 Å². The second-order valence-corrected chi connectivity index (χ2v) is 8.01. The van der Waals surface area contributed by atoms with Gasteiger partial charge < -0.3 is 19.9 Å². The maximum Gasteiger partial charge on any atom is 0.317 e. The highest BCUT2D eigenvalue weighted by Crippen LogP contribution is 2.30. The maximum atomic E-state index is 12.4. The Labute approximate surface area is 152 Å². The number of nitrogens with one attached hydrogen (secondary N) is 1. The summed E-state index contributed by atoms with van der Waals surface area (Å²) in [6.07, 6.45) is 2.44. The summed E-state index contributed by atoms with van der Waals surface area (Å²) < 4.78 is 5.82. The van der Waals surface area contributed by atoms with E-state index >= 15 is 0 Å². The van der Waals surface area contributed by atoms with Crippen LogP contribution in [0.5, 0.6) is 0 Å². The van der Waals surface area contributed by atoms with Crippen LogP contribution in [0.4, 0.5) is 4.79 Å². The summed E-state index contributed by atoms with van der Waals surface area (Å²) in [5.74, 6) is 0.0252. The number of aryl methyl sites for hydroxylation is 2. The second-order valence-electron chi connectivity index (χ2n) is 6.84. The van der Waals surface area contributed by atoms with E-state index < -0.39 is 0 Å². The van der Waals surface area contributed by atoms with Crippen molar-refractivity contribution in [3.05, 3.63) is 15.6 Å². The van der Waals surface area contributed by atoms with Crippen molar-refractivity contribution in [2.75, 3.05) is 33.3 Å². The quantitative estimate of drug-likeness (QED) is 0.881. The Balaban J connectivity index is 1.50. The third-order valence-electron chi connectivity index (χ3n) is 5.05. The minimum Gasteiger partial charge on any atom is -0.363 e. The molecule has 0 unspecified atom stereocenters. The molecule has 1 spiro atoms. The van der Waals surface area contributed by atoms with Gasteiger partial charge in [0, 0.05) is 31.6 Å². The van der Waals surface area contributed by atoms with E-state index in [-0.39, 0.29) is 24.1 Å². The Morgan fingerprint density at radius 2 is 2.12 bits per heavy atom. The molecule has 0 aromatic carbocycles. The molecule has 0 atom stereocenters. The lowest BCUT2D eigenvalue weighted by Crippen LogP contribution is -2.59. The fourth-order valence-electron chi connectivity index (χ4n) is 3.38. The number of piperidine rings is 1. The Hall–Kier alpha value is -1.67. The molecular formula is C17H26N4O3S. The van der Waals surface area contributed by atoms with E-state index in [0.717, 1.165) is 34.8 Å². The first-order chi connectivity index (χ1) is 11.9. The molecule has 2 saturated heterocycles. The third-order valence-corrected chi connectivity index (χ3v) is 6.36. The lowest BCUT2D eigenvalue weighted by Gasteiger charge is -2.46. The van der Waals surface area contributed by atoms with Crippen molar-refractivity contribution in [2.24, 2.45) is 0 Å². The van der Waals surface area contributed by atoms with Gasteiger partial charge in [-0.1, -0.05) is 6.92 Å².